The summed E-state index contributed by atoms with van der Waals surface area (Å²) in [6.07, 6.45) is 0. The van der Waals surface area contributed by atoms with Gasteiger partial charge in [-0.2, -0.15) is 0 Å². The second kappa shape index (κ2) is 17.0. The van der Waals surface area contributed by atoms with Gasteiger partial charge in [-0.25, -0.2) is 0 Å². The molecule has 2 heterocycles. The van der Waals surface area contributed by atoms with Crippen LogP contribution in [0, 0.1) is 96.2 Å². The average molecular weight is 816 g/mol. The third-order valence-corrected chi connectivity index (χ3v) is 9.04. The van der Waals surface area contributed by atoms with E-state index in [2.05, 4.69) is 145 Å². The van der Waals surface area contributed by atoms with Crippen molar-refractivity contribution < 1.29 is 25.3 Å². The summed E-state index contributed by atoms with van der Waals surface area (Å²) in [5.41, 5.74) is 31.1. The van der Waals surface area contributed by atoms with Gasteiger partial charge in [-0.1, -0.05) is 70.8 Å². The Balaban J connectivity index is 0.000000212. The molecule has 272 valence electrons. The molecule has 6 rings (SSSR count). The normalized spacial score (nSPS) is 14.0. The van der Waals surface area contributed by atoms with Crippen LogP contribution in [0.1, 0.15) is 77.9 Å². The first-order valence-corrected chi connectivity index (χ1v) is 20.9. The van der Waals surface area contributed by atoms with Crippen LogP contribution >= 0.6 is 19.1 Å². The second-order valence-corrected chi connectivity index (χ2v) is 16.2. The van der Waals surface area contributed by atoms with Crippen molar-refractivity contribution in [3.8, 4) is 0 Å². The molecular formula is C42H50Cl2N6Pd. The Morgan fingerprint density at radius 2 is 0.667 bits per heavy atom. The number of rotatable bonds is 4. The van der Waals surface area contributed by atoms with E-state index in [9.17, 15) is 0 Å². The maximum atomic E-state index is 4.81. The minimum atomic E-state index is -0.106. The number of nitrogens with zero attached hydrogens (tertiary/aromatic N) is 6. The summed E-state index contributed by atoms with van der Waals surface area (Å²) in [6, 6.07) is 17.6. The molecule has 0 fully saturated rings. The molecule has 6 nitrogen and oxygen atoms in total. The second-order valence-electron chi connectivity index (χ2n) is 13.9. The Hall–Kier alpha value is -3.34. The van der Waals surface area contributed by atoms with Gasteiger partial charge >= 0.3 is 35.0 Å². The Bertz CT molecular complexity index is 1780. The molecule has 0 amide bonds. The summed E-state index contributed by atoms with van der Waals surface area (Å²) in [7, 11) is 13.6. The molecule has 2 aliphatic heterocycles. The molecule has 9 heteroatoms. The average Bonchev–Trinajstić information content (AvgIpc) is 3.53. The van der Waals surface area contributed by atoms with Crippen molar-refractivity contribution >= 4 is 41.9 Å². The molecular weight excluding hydrogens is 766 g/mol. The molecule has 2 aliphatic rings. The zero-order valence-corrected chi connectivity index (χ0v) is 35.4. The van der Waals surface area contributed by atoms with E-state index < -0.39 is 0 Å². The summed E-state index contributed by atoms with van der Waals surface area (Å²) >= 11 is -0.106. The first kappa shape index (κ1) is 40.4. The molecule has 0 aromatic heterocycles. The molecule has 0 aliphatic carbocycles. The molecule has 0 saturated carbocycles. The van der Waals surface area contributed by atoms with Crippen LogP contribution in [0.3, 0.4) is 0 Å². The van der Waals surface area contributed by atoms with Crippen LogP contribution in [0.5, 0.6) is 0 Å². The molecule has 0 unspecified atom stereocenters. The molecule has 0 bridgehead atoms. The number of hydrogen-bond acceptors (Lipinski definition) is 2. The summed E-state index contributed by atoms with van der Waals surface area (Å²) < 4.78 is 3.84. The SMILES string of the molecule is Cc1cc(C)c(C2=[N+](C)[N-]N(c3c(C)cc(C)cc3C)[C]2)c(C)c1.Cc1cc(C)c(C2=[N+](C)[N-]N(c3c(C)cc(C)cc3C)[C]2)c(C)c1.[Cl][Pd][Cl]. The predicted molar refractivity (Wildman–Crippen MR) is 213 cm³/mol. The van der Waals surface area contributed by atoms with E-state index in [1.54, 1.807) is 0 Å². The zero-order chi connectivity index (χ0) is 37.9. The Morgan fingerprint density at radius 1 is 0.451 bits per heavy atom. The van der Waals surface area contributed by atoms with E-state index in [4.69, 9.17) is 30.1 Å². The number of halogens is 2. The van der Waals surface area contributed by atoms with Gasteiger partial charge in [-0.15, -0.1) is 0 Å². The van der Waals surface area contributed by atoms with Crippen molar-refractivity contribution in [1.29, 1.82) is 0 Å². The molecule has 0 saturated heterocycles. The van der Waals surface area contributed by atoms with Crippen molar-refractivity contribution in [2.24, 2.45) is 0 Å². The van der Waals surface area contributed by atoms with Gasteiger partial charge in [0.05, 0.1) is 0 Å². The van der Waals surface area contributed by atoms with Crippen molar-refractivity contribution in [3.63, 3.8) is 0 Å². The number of benzene rings is 4. The first-order valence-electron chi connectivity index (χ1n) is 16.9. The third-order valence-electron chi connectivity index (χ3n) is 9.04. The van der Waals surface area contributed by atoms with Crippen LogP contribution in [0.15, 0.2) is 48.5 Å². The Labute approximate surface area is 323 Å². The van der Waals surface area contributed by atoms with Crippen LogP contribution in [0.4, 0.5) is 11.4 Å². The van der Waals surface area contributed by atoms with Crippen LogP contribution < -0.4 is 10.0 Å². The van der Waals surface area contributed by atoms with E-state index in [0.717, 1.165) is 22.8 Å². The summed E-state index contributed by atoms with van der Waals surface area (Å²) in [4.78, 5) is 0. The number of hydrogen-bond donors (Lipinski definition) is 0. The van der Waals surface area contributed by atoms with E-state index >= 15 is 0 Å². The minimum absolute atomic E-state index is 0.106. The van der Waals surface area contributed by atoms with E-state index in [-0.39, 0.29) is 15.9 Å². The fourth-order valence-electron chi connectivity index (χ4n) is 7.50. The quantitative estimate of drug-likeness (QED) is 0.152. The van der Waals surface area contributed by atoms with E-state index in [0.29, 0.717) is 0 Å². The van der Waals surface area contributed by atoms with Crippen molar-refractivity contribution in [1.82, 2.24) is 0 Å². The topological polar surface area (TPSA) is 40.7 Å². The van der Waals surface area contributed by atoms with Crippen molar-refractivity contribution in [2.75, 3.05) is 24.1 Å². The summed E-state index contributed by atoms with van der Waals surface area (Å²) in [6.45, 7) is 32.6. The molecule has 4 aromatic carbocycles. The predicted octanol–water partition coefficient (Wildman–Crippen LogP) is 10.8. The van der Waals surface area contributed by atoms with Gasteiger partial charge in [0.1, 0.15) is 14.1 Å². The Kier molecular flexibility index (Phi) is 13.5. The Morgan fingerprint density at radius 3 is 0.902 bits per heavy atom. The van der Waals surface area contributed by atoms with Gasteiger partial charge < -0.3 is 21.1 Å². The van der Waals surface area contributed by atoms with Gasteiger partial charge in [-0.3, -0.25) is 9.37 Å². The molecule has 4 aromatic rings. The van der Waals surface area contributed by atoms with E-state index in [1.165, 1.54) is 77.9 Å². The first-order chi connectivity index (χ1) is 24.0. The van der Waals surface area contributed by atoms with Crippen LogP contribution in [-0.2, 0) is 15.9 Å². The molecule has 0 N–H and O–H groups in total. The van der Waals surface area contributed by atoms with Crippen LogP contribution in [0.2, 0.25) is 0 Å². The summed E-state index contributed by atoms with van der Waals surface area (Å²) in [5.74, 6) is 0. The van der Waals surface area contributed by atoms with Gasteiger partial charge in [0.25, 0.3) is 0 Å². The number of aryl methyl sites for hydroxylation is 12. The number of anilines is 2. The molecule has 51 heavy (non-hydrogen) atoms. The van der Waals surface area contributed by atoms with Crippen LogP contribution in [-0.4, -0.2) is 34.9 Å². The van der Waals surface area contributed by atoms with E-state index in [1.807, 2.05) is 33.5 Å². The standard InChI is InChI=1S/2C21H25N3.2ClH.Pd/c2*1-13-8-15(3)20(16(4)9-13)19-12-24(22-23(19)7)21-17(5)10-14(2)11-18(21)6;;;/h2*8-11H,1-7H3;2*1H;/q;;;;+2/p-2. The fraction of sp³-hybridized carbons (Fsp3) is 0.333. The third kappa shape index (κ3) is 9.19. The summed E-state index contributed by atoms with van der Waals surface area (Å²) in [5, 5.41) is 3.77. The van der Waals surface area contributed by atoms with Crippen molar-refractivity contribution in [3.05, 3.63) is 151 Å². The van der Waals surface area contributed by atoms with Crippen LogP contribution in [0.25, 0.3) is 11.1 Å². The zero-order valence-electron chi connectivity index (χ0n) is 32.4. The van der Waals surface area contributed by atoms with Gasteiger partial charge in [0, 0.05) is 22.5 Å². The van der Waals surface area contributed by atoms with Crippen molar-refractivity contribution in [2.45, 2.75) is 83.1 Å². The van der Waals surface area contributed by atoms with Gasteiger partial charge in [0.15, 0.2) is 13.1 Å². The van der Waals surface area contributed by atoms with Gasteiger partial charge in [0.2, 0.25) is 11.4 Å². The van der Waals surface area contributed by atoms with Gasteiger partial charge in [-0.05, 0) is 128 Å². The molecule has 0 atom stereocenters. The fourth-order valence-corrected chi connectivity index (χ4v) is 7.50. The molecule has 0 spiro atoms. The monoisotopic (exact) mass is 814 g/mol. The maximum absolute atomic E-state index is 4.81. The molecule has 4 radical (unpaired) electrons.